The second kappa shape index (κ2) is 6.72. The van der Waals surface area contributed by atoms with Gasteiger partial charge in [-0.05, 0) is 69.7 Å². The Labute approximate surface area is 169 Å². The van der Waals surface area contributed by atoms with Crippen LogP contribution >= 0.6 is 0 Å². The fourth-order valence-electron chi connectivity index (χ4n) is 4.41. The highest BCUT2D eigenvalue weighted by Gasteiger charge is 2.32. The minimum atomic E-state index is 0.000994. The Balaban J connectivity index is 1.88. The molecule has 0 spiro atoms. The van der Waals surface area contributed by atoms with Gasteiger partial charge in [0.05, 0.1) is 6.61 Å². The van der Waals surface area contributed by atoms with Gasteiger partial charge in [-0.3, -0.25) is 0 Å². The van der Waals surface area contributed by atoms with E-state index in [1.54, 1.807) is 0 Å². The Morgan fingerprint density at radius 3 is 2.04 bits per heavy atom. The van der Waals surface area contributed by atoms with E-state index in [4.69, 9.17) is 14.2 Å². The first-order valence-corrected chi connectivity index (χ1v) is 10.4. The topological polar surface area (TPSA) is 27.7 Å². The van der Waals surface area contributed by atoms with Crippen LogP contribution in [0.3, 0.4) is 0 Å². The highest BCUT2D eigenvalue weighted by Crippen LogP contribution is 2.47. The molecule has 0 bridgehead atoms. The fraction of sp³-hybridized carbons (Fsp3) is 0.520. The minimum Gasteiger partial charge on any atom is -0.493 e. The molecular formula is C25H32O3. The van der Waals surface area contributed by atoms with Crippen LogP contribution in [0.5, 0.6) is 17.2 Å². The summed E-state index contributed by atoms with van der Waals surface area (Å²) in [5.41, 5.74) is 5.25. The smallest absolute Gasteiger partial charge is 0.161 e. The zero-order valence-corrected chi connectivity index (χ0v) is 18.0. The van der Waals surface area contributed by atoms with E-state index in [1.807, 2.05) is 0 Å². The molecular weight excluding hydrogens is 348 g/mol. The van der Waals surface area contributed by atoms with Gasteiger partial charge in [-0.2, -0.15) is 0 Å². The summed E-state index contributed by atoms with van der Waals surface area (Å²) in [4.78, 5) is 0. The Kier molecular flexibility index (Phi) is 4.60. The standard InChI is InChI=1S/C25H32O3/c1-24(2,3)19-9-10-26-21-8-7-16(13-18(19)21)17-14-22-23(28-12-11-27-22)15-20(17)25(4,5)6/h7-8,13-15,19H,9-12H2,1-6H3. The van der Waals surface area contributed by atoms with Crippen LogP contribution < -0.4 is 14.2 Å². The lowest BCUT2D eigenvalue weighted by Gasteiger charge is -2.36. The molecule has 2 aliphatic heterocycles. The van der Waals surface area contributed by atoms with Crippen LogP contribution in [0, 0.1) is 5.41 Å². The molecule has 0 amide bonds. The van der Waals surface area contributed by atoms with Crippen LogP contribution in [-0.4, -0.2) is 19.8 Å². The molecule has 0 fully saturated rings. The third-order valence-corrected chi connectivity index (χ3v) is 5.90. The van der Waals surface area contributed by atoms with Crippen molar-refractivity contribution in [2.24, 2.45) is 5.41 Å². The molecule has 2 aliphatic rings. The molecule has 0 aliphatic carbocycles. The maximum absolute atomic E-state index is 5.98. The van der Waals surface area contributed by atoms with Crippen molar-refractivity contribution in [2.75, 3.05) is 19.8 Å². The van der Waals surface area contributed by atoms with E-state index in [0.717, 1.165) is 30.3 Å². The molecule has 1 atom stereocenters. The molecule has 3 nitrogen and oxygen atoms in total. The molecule has 150 valence electrons. The van der Waals surface area contributed by atoms with Crippen molar-refractivity contribution in [1.29, 1.82) is 0 Å². The summed E-state index contributed by atoms with van der Waals surface area (Å²) in [5, 5.41) is 0. The predicted molar refractivity (Wildman–Crippen MR) is 114 cm³/mol. The van der Waals surface area contributed by atoms with Crippen molar-refractivity contribution in [2.45, 2.75) is 59.3 Å². The van der Waals surface area contributed by atoms with Gasteiger partial charge in [-0.15, -0.1) is 0 Å². The molecule has 0 radical (unpaired) electrons. The molecule has 0 N–H and O–H groups in total. The second-order valence-electron chi connectivity index (χ2n) is 10.1. The number of fused-ring (bicyclic) bond motifs is 2. The Morgan fingerprint density at radius 2 is 1.39 bits per heavy atom. The van der Waals surface area contributed by atoms with Gasteiger partial charge < -0.3 is 14.2 Å². The summed E-state index contributed by atoms with van der Waals surface area (Å²) < 4.78 is 17.7. The Hall–Kier alpha value is -2.16. The number of benzene rings is 2. The quantitative estimate of drug-likeness (QED) is 0.578. The lowest BCUT2D eigenvalue weighted by molar-refractivity contribution is 0.171. The first-order valence-electron chi connectivity index (χ1n) is 10.4. The van der Waals surface area contributed by atoms with Crippen LogP contribution in [0.25, 0.3) is 11.1 Å². The maximum atomic E-state index is 5.98. The van der Waals surface area contributed by atoms with Gasteiger partial charge in [-0.1, -0.05) is 47.6 Å². The summed E-state index contributed by atoms with van der Waals surface area (Å²) in [6.07, 6.45) is 1.06. The second-order valence-corrected chi connectivity index (χ2v) is 10.1. The maximum Gasteiger partial charge on any atom is 0.161 e. The summed E-state index contributed by atoms with van der Waals surface area (Å²) in [7, 11) is 0. The van der Waals surface area contributed by atoms with Crippen LogP contribution in [0.2, 0.25) is 0 Å². The molecule has 2 aromatic carbocycles. The molecule has 4 rings (SSSR count). The molecule has 1 unspecified atom stereocenters. The van der Waals surface area contributed by atoms with Crippen molar-refractivity contribution in [1.82, 2.24) is 0 Å². The number of hydrogen-bond donors (Lipinski definition) is 0. The van der Waals surface area contributed by atoms with Crippen molar-refractivity contribution in [3.63, 3.8) is 0 Å². The highest BCUT2D eigenvalue weighted by molar-refractivity contribution is 5.74. The van der Waals surface area contributed by atoms with Gasteiger partial charge in [0, 0.05) is 0 Å². The van der Waals surface area contributed by atoms with E-state index in [2.05, 4.69) is 71.9 Å². The normalized spacial score (nSPS) is 19.0. The molecule has 3 heteroatoms. The van der Waals surface area contributed by atoms with Crippen molar-refractivity contribution >= 4 is 0 Å². The van der Waals surface area contributed by atoms with E-state index in [1.165, 1.54) is 22.3 Å². The SMILES string of the molecule is CC(C)(C)c1cc2c(cc1-c1ccc3c(c1)C(C(C)(C)C)CCO3)OCCO2. The lowest BCUT2D eigenvalue weighted by Crippen LogP contribution is -2.25. The van der Waals surface area contributed by atoms with Crippen molar-refractivity contribution in [3.8, 4) is 28.4 Å². The number of hydrogen-bond acceptors (Lipinski definition) is 3. The molecule has 0 aromatic heterocycles. The lowest BCUT2D eigenvalue weighted by atomic mass is 9.73. The Bertz CT molecular complexity index is 884. The van der Waals surface area contributed by atoms with E-state index >= 15 is 0 Å². The number of ether oxygens (including phenoxy) is 3. The van der Waals surface area contributed by atoms with Gasteiger partial charge >= 0.3 is 0 Å². The molecule has 2 heterocycles. The third kappa shape index (κ3) is 3.47. The predicted octanol–water partition coefficient (Wildman–Crippen LogP) is 6.33. The molecule has 2 aromatic rings. The van der Waals surface area contributed by atoms with E-state index in [0.29, 0.717) is 19.1 Å². The average molecular weight is 381 g/mol. The summed E-state index contributed by atoms with van der Waals surface area (Å²) >= 11 is 0. The van der Waals surface area contributed by atoms with E-state index in [-0.39, 0.29) is 10.8 Å². The monoisotopic (exact) mass is 380 g/mol. The summed E-state index contributed by atoms with van der Waals surface area (Å²) in [5.74, 6) is 3.22. The van der Waals surface area contributed by atoms with Crippen molar-refractivity contribution in [3.05, 3.63) is 41.5 Å². The van der Waals surface area contributed by atoms with Crippen LogP contribution in [-0.2, 0) is 5.41 Å². The summed E-state index contributed by atoms with van der Waals surface area (Å²) in [6, 6.07) is 11.0. The zero-order chi connectivity index (χ0) is 20.1. The molecule has 28 heavy (non-hydrogen) atoms. The molecule has 0 saturated heterocycles. The van der Waals surface area contributed by atoms with Gasteiger partial charge in [0.1, 0.15) is 19.0 Å². The van der Waals surface area contributed by atoms with Crippen LogP contribution in [0.4, 0.5) is 0 Å². The highest BCUT2D eigenvalue weighted by atomic mass is 16.6. The van der Waals surface area contributed by atoms with Crippen LogP contribution in [0.15, 0.2) is 30.3 Å². The minimum absolute atomic E-state index is 0.000994. The van der Waals surface area contributed by atoms with Crippen LogP contribution in [0.1, 0.15) is 65.0 Å². The first kappa shape index (κ1) is 19.2. The average Bonchev–Trinajstić information content (AvgIpc) is 2.64. The van der Waals surface area contributed by atoms with E-state index in [9.17, 15) is 0 Å². The van der Waals surface area contributed by atoms with Gasteiger partial charge in [0.25, 0.3) is 0 Å². The third-order valence-electron chi connectivity index (χ3n) is 5.90. The zero-order valence-electron chi connectivity index (χ0n) is 18.0. The Morgan fingerprint density at radius 1 is 0.750 bits per heavy atom. The largest absolute Gasteiger partial charge is 0.493 e. The fourth-order valence-corrected chi connectivity index (χ4v) is 4.41. The van der Waals surface area contributed by atoms with Crippen molar-refractivity contribution < 1.29 is 14.2 Å². The van der Waals surface area contributed by atoms with Gasteiger partial charge in [0.2, 0.25) is 0 Å². The first-order chi connectivity index (χ1) is 13.1. The van der Waals surface area contributed by atoms with E-state index < -0.39 is 0 Å². The van der Waals surface area contributed by atoms with Gasteiger partial charge in [-0.25, -0.2) is 0 Å². The summed E-state index contributed by atoms with van der Waals surface area (Å²) in [6.45, 7) is 15.7. The number of rotatable bonds is 1. The van der Waals surface area contributed by atoms with Gasteiger partial charge in [0.15, 0.2) is 11.5 Å². The molecule has 0 saturated carbocycles.